The molecule has 0 bridgehead atoms. The second-order valence-corrected chi connectivity index (χ2v) is 5.78. The Kier molecular flexibility index (Phi) is 4.22. The van der Waals surface area contributed by atoms with E-state index in [9.17, 15) is 0 Å². The highest BCUT2D eigenvalue weighted by atomic mass is 32.2. The molecule has 0 radical (unpaired) electrons. The number of pyridine rings is 1. The van der Waals surface area contributed by atoms with Gasteiger partial charge in [-0.05, 0) is 22.8 Å². The van der Waals surface area contributed by atoms with Crippen molar-refractivity contribution in [1.82, 2.24) is 4.98 Å². The first kappa shape index (κ1) is 13.7. The molecular formula is C18H16N2S. The fourth-order valence-electron chi connectivity index (χ4n) is 2.11. The van der Waals surface area contributed by atoms with Gasteiger partial charge in [0, 0.05) is 16.8 Å². The van der Waals surface area contributed by atoms with Gasteiger partial charge in [0.1, 0.15) is 0 Å². The maximum absolute atomic E-state index is 5.90. The fraction of sp³-hybridized carbons (Fsp3) is 0.0556. The Labute approximate surface area is 129 Å². The third-order valence-electron chi connectivity index (χ3n) is 3.27. The lowest BCUT2D eigenvalue weighted by atomic mass is 10.0. The Bertz CT molecular complexity index is 709. The van der Waals surface area contributed by atoms with Gasteiger partial charge in [0.2, 0.25) is 0 Å². The molecule has 0 atom stereocenters. The summed E-state index contributed by atoms with van der Waals surface area (Å²) in [5.74, 6) is 0.906. The Morgan fingerprint density at radius 1 is 0.857 bits per heavy atom. The number of nitrogens with zero attached hydrogens (tertiary/aromatic N) is 1. The quantitative estimate of drug-likeness (QED) is 0.713. The van der Waals surface area contributed by atoms with E-state index in [1.165, 1.54) is 16.7 Å². The predicted molar refractivity (Wildman–Crippen MR) is 90.1 cm³/mol. The Morgan fingerprint density at radius 3 is 2.29 bits per heavy atom. The highest BCUT2D eigenvalue weighted by Gasteiger charge is 2.01. The van der Waals surface area contributed by atoms with Gasteiger partial charge in [-0.1, -0.05) is 54.6 Å². The molecule has 0 fully saturated rings. The van der Waals surface area contributed by atoms with Gasteiger partial charge in [-0.15, -0.1) is 11.8 Å². The normalized spacial score (nSPS) is 10.5. The number of benzene rings is 2. The Balaban J connectivity index is 1.69. The molecule has 0 aliphatic rings. The zero-order valence-electron chi connectivity index (χ0n) is 11.6. The lowest BCUT2D eigenvalue weighted by Gasteiger charge is -2.06. The van der Waals surface area contributed by atoms with Crippen LogP contribution in [0.2, 0.25) is 0 Å². The van der Waals surface area contributed by atoms with E-state index in [0.29, 0.717) is 0 Å². The molecule has 2 nitrogen and oxygen atoms in total. The average Bonchev–Trinajstić information content (AvgIpc) is 2.55. The summed E-state index contributed by atoms with van der Waals surface area (Å²) in [7, 11) is 0. The standard InChI is InChI=1S/C18H16N2S/c19-17-12-20-11-10-18(17)21-13-14-6-8-16(9-7-14)15-4-2-1-3-5-15/h1-12H,13,19H2. The molecule has 1 heterocycles. The molecule has 3 rings (SSSR count). The van der Waals surface area contributed by atoms with E-state index in [0.717, 1.165) is 16.3 Å². The topological polar surface area (TPSA) is 38.9 Å². The molecule has 0 spiro atoms. The van der Waals surface area contributed by atoms with Gasteiger partial charge in [-0.25, -0.2) is 0 Å². The molecule has 104 valence electrons. The molecule has 3 heteroatoms. The lowest BCUT2D eigenvalue weighted by Crippen LogP contribution is -1.90. The van der Waals surface area contributed by atoms with Gasteiger partial charge in [-0.2, -0.15) is 0 Å². The van der Waals surface area contributed by atoms with Crippen LogP contribution in [-0.4, -0.2) is 4.98 Å². The largest absolute Gasteiger partial charge is 0.397 e. The van der Waals surface area contributed by atoms with Gasteiger partial charge in [-0.3, -0.25) is 4.98 Å². The molecule has 1 aromatic heterocycles. The molecule has 0 saturated carbocycles. The number of nitrogen functional groups attached to an aromatic ring is 1. The first-order chi connectivity index (χ1) is 10.3. The first-order valence-electron chi connectivity index (χ1n) is 6.79. The summed E-state index contributed by atoms with van der Waals surface area (Å²) in [6.07, 6.45) is 3.47. The van der Waals surface area contributed by atoms with Gasteiger partial charge in [0.25, 0.3) is 0 Å². The van der Waals surface area contributed by atoms with Crippen LogP contribution in [0.1, 0.15) is 5.56 Å². The summed E-state index contributed by atoms with van der Waals surface area (Å²) < 4.78 is 0. The fourth-order valence-corrected chi connectivity index (χ4v) is 3.00. The number of thioether (sulfide) groups is 1. The minimum absolute atomic E-state index is 0.739. The minimum atomic E-state index is 0.739. The first-order valence-corrected chi connectivity index (χ1v) is 7.78. The lowest BCUT2D eigenvalue weighted by molar-refractivity contribution is 1.26. The number of nitrogens with two attached hydrogens (primary N) is 1. The third-order valence-corrected chi connectivity index (χ3v) is 4.43. The van der Waals surface area contributed by atoms with Crippen LogP contribution in [0.5, 0.6) is 0 Å². The maximum Gasteiger partial charge on any atom is 0.0638 e. The molecular weight excluding hydrogens is 276 g/mol. The van der Waals surface area contributed by atoms with Crippen molar-refractivity contribution < 1.29 is 0 Å². The number of rotatable bonds is 4. The van der Waals surface area contributed by atoms with Crippen LogP contribution in [0.15, 0.2) is 78.0 Å². The highest BCUT2D eigenvalue weighted by Crippen LogP contribution is 2.28. The minimum Gasteiger partial charge on any atom is -0.397 e. The SMILES string of the molecule is Nc1cnccc1SCc1ccc(-c2ccccc2)cc1. The van der Waals surface area contributed by atoms with Crippen molar-refractivity contribution in [2.24, 2.45) is 0 Å². The monoisotopic (exact) mass is 292 g/mol. The van der Waals surface area contributed by atoms with E-state index >= 15 is 0 Å². The second kappa shape index (κ2) is 6.46. The summed E-state index contributed by atoms with van der Waals surface area (Å²) in [6, 6.07) is 21.0. The summed E-state index contributed by atoms with van der Waals surface area (Å²) >= 11 is 1.74. The smallest absolute Gasteiger partial charge is 0.0638 e. The second-order valence-electron chi connectivity index (χ2n) is 4.77. The molecule has 0 amide bonds. The molecule has 3 aromatic rings. The van der Waals surface area contributed by atoms with Crippen LogP contribution < -0.4 is 5.73 Å². The molecule has 2 N–H and O–H groups in total. The Morgan fingerprint density at radius 2 is 1.57 bits per heavy atom. The van der Waals surface area contributed by atoms with Crippen molar-refractivity contribution in [3.63, 3.8) is 0 Å². The number of aromatic nitrogens is 1. The van der Waals surface area contributed by atoms with Crippen LogP contribution in [0.3, 0.4) is 0 Å². The van der Waals surface area contributed by atoms with Gasteiger partial charge < -0.3 is 5.73 Å². The molecule has 0 saturated heterocycles. The zero-order valence-corrected chi connectivity index (χ0v) is 12.4. The van der Waals surface area contributed by atoms with Crippen LogP contribution in [0, 0.1) is 0 Å². The van der Waals surface area contributed by atoms with Crippen molar-refractivity contribution in [3.8, 4) is 11.1 Å². The number of anilines is 1. The van der Waals surface area contributed by atoms with Crippen molar-refractivity contribution in [2.75, 3.05) is 5.73 Å². The van der Waals surface area contributed by atoms with E-state index in [2.05, 4.69) is 53.5 Å². The van der Waals surface area contributed by atoms with E-state index in [4.69, 9.17) is 5.73 Å². The van der Waals surface area contributed by atoms with E-state index in [1.54, 1.807) is 24.2 Å². The zero-order chi connectivity index (χ0) is 14.5. The average molecular weight is 292 g/mol. The molecule has 0 aliphatic heterocycles. The van der Waals surface area contributed by atoms with Crippen molar-refractivity contribution in [2.45, 2.75) is 10.6 Å². The van der Waals surface area contributed by atoms with Gasteiger partial charge >= 0.3 is 0 Å². The number of hydrogen-bond donors (Lipinski definition) is 1. The maximum atomic E-state index is 5.90. The summed E-state index contributed by atoms with van der Waals surface area (Å²) in [5, 5.41) is 0. The summed E-state index contributed by atoms with van der Waals surface area (Å²) in [5.41, 5.74) is 10.4. The van der Waals surface area contributed by atoms with E-state index in [-0.39, 0.29) is 0 Å². The summed E-state index contributed by atoms with van der Waals surface area (Å²) in [6.45, 7) is 0. The molecule has 21 heavy (non-hydrogen) atoms. The van der Waals surface area contributed by atoms with Crippen molar-refractivity contribution in [1.29, 1.82) is 0 Å². The van der Waals surface area contributed by atoms with Gasteiger partial charge in [0.15, 0.2) is 0 Å². The van der Waals surface area contributed by atoms with Crippen LogP contribution in [0.25, 0.3) is 11.1 Å². The summed E-state index contributed by atoms with van der Waals surface area (Å²) in [4.78, 5) is 5.09. The van der Waals surface area contributed by atoms with E-state index < -0.39 is 0 Å². The number of hydrogen-bond acceptors (Lipinski definition) is 3. The Hall–Kier alpha value is -2.26. The molecule has 0 aliphatic carbocycles. The van der Waals surface area contributed by atoms with Gasteiger partial charge in [0.05, 0.1) is 11.9 Å². The van der Waals surface area contributed by atoms with E-state index in [1.807, 2.05) is 12.1 Å². The van der Waals surface area contributed by atoms with Crippen LogP contribution in [0.4, 0.5) is 5.69 Å². The van der Waals surface area contributed by atoms with Crippen molar-refractivity contribution >= 4 is 17.4 Å². The highest BCUT2D eigenvalue weighted by molar-refractivity contribution is 7.98. The predicted octanol–water partition coefficient (Wildman–Crippen LogP) is 4.62. The van der Waals surface area contributed by atoms with Crippen molar-refractivity contribution in [3.05, 3.63) is 78.6 Å². The third kappa shape index (κ3) is 3.44. The molecule has 2 aromatic carbocycles. The molecule has 0 unspecified atom stereocenters. The van der Waals surface area contributed by atoms with Crippen LogP contribution in [-0.2, 0) is 5.75 Å². The van der Waals surface area contributed by atoms with Crippen LogP contribution >= 0.6 is 11.8 Å².